The number of rotatable bonds is 6. The summed E-state index contributed by atoms with van der Waals surface area (Å²) in [5.74, 6) is -0.352. The second-order valence-corrected chi connectivity index (χ2v) is 7.69. The van der Waals surface area contributed by atoms with Crippen molar-refractivity contribution in [3.63, 3.8) is 0 Å². The van der Waals surface area contributed by atoms with Crippen LogP contribution in [0.1, 0.15) is 34.6 Å². The Morgan fingerprint density at radius 1 is 1.17 bits per heavy atom. The van der Waals surface area contributed by atoms with Crippen LogP contribution in [0.25, 0.3) is 10.8 Å². The van der Waals surface area contributed by atoms with Gasteiger partial charge in [-0.15, -0.1) is 11.3 Å². The summed E-state index contributed by atoms with van der Waals surface area (Å²) in [6.07, 6.45) is -0.275. The van der Waals surface area contributed by atoms with Crippen molar-refractivity contribution in [2.24, 2.45) is 0 Å². The van der Waals surface area contributed by atoms with E-state index < -0.39 is 11.9 Å². The van der Waals surface area contributed by atoms with Crippen LogP contribution in [0, 0.1) is 18.3 Å². The first-order valence-corrected chi connectivity index (χ1v) is 9.86. The number of amides is 1. The number of fused-ring (bicyclic) bond motifs is 1. The quantitative estimate of drug-likeness (QED) is 0.599. The molecule has 0 saturated carbocycles. The van der Waals surface area contributed by atoms with Crippen molar-refractivity contribution < 1.29 is 19.1 Å². The van der Waals surface area contributed by atoms with Crippen molar-refractivity contribution in [3.05, 3.63) is 58.5 Å². The summed E-state index contributed by atoms with van der Waals surface area (Å²) in [7, 11) is 0. The van der Waals surface area contributed by atoms with Gasteiger partial charge in [-0.1, -0.05) is 30.3 Å². The van der Waals surface area contributed by atoms with Crippen LogP contribution in [-0.4, -0.2) is 24.6 Å². The molecule has 0 saturated heterocycles. The highest BCUT2D eigenvalue weighted by Gasteiger charge is 2.23. The second-order valence-electron chi connectivity index (χ2n) is 6.67. The maximum absolute atomic E-state index is 12.3. The number of esters is 1. The highest BCUT2D eigenvalue weighted by Crippen LogP contribution is 2.33. The molecule has 6 nitrogen and oxygen atoms in total. The van der Waals surface area contributed by atoms with Crippen LogP contribution >= 0.6 is 11.3 Å². The van der Waals surface area contributed by atoms with Crippen molar-refractivity contribution in [2.45, 2.75) is 26.9 Å². The van der Waals surface area contributed by atoms with Gasteiger partial charge in [0, 0.05) is 0 Å². The van der Waals surface area contributed by atoms with E-state index in [2.05, 4.69) is 5.32 Å². The average Bonchev–Trinajstić information content (AvgIpc) is 3.00. The number of ether oxygens (including phenoxy) is 2. The van der Waals surface area contributed by atoms with E-state index in [1.807, 2.05) is 42.5 Å². The molecule has 0 spiro atoms. The maximum atomic E-state index is 12.3. The molecule has 3 rings (SSSR count). The third kappa shape index (κ3) is 4.73. The largest absolute Gasteiger partial charge is 0.484 e. The zero-order valence-electron chi connectivity index (χ0n) is 16.3. The van der Waals surface area contributed by atoms with Gasteiger partial charge in [0.05, 0.1) is 11.7 Å². The zero-order valence-corrected chi connectivity index (χ0v) is 17.1. The summed E-state index contributed by atoms with van der Waals surface area (Å²) >= 11 is 1.03. The van der Waals surface area contributed by atoms with Gasteiger partial charge in [-0.05, 0) is 49.2 Å². The standard InChI is InChI=1S/C22H20N2O4S/c1-13(2)28-22(26)20-14(3)18(11-23)21(29-20)24-19(25)12-27-17-9-8-15-6-4-5-7-16(15)10-17/h4-10,13H,12H2,1-3H3,(H,24,25). The molecule has 1 amide bonds. The van der Waals surface area contributed by atoms with Crippen LogP contribution in [0.2, 0.25) is 0 Å². The van der Waals surface area contributed by atoms with Gasteiger partial charge in [-0.2, -0.15) is 5.26 Å². The Balaban J connectivity index is 1.69. The third-order valence-electron chi connectivity index (χ3n) is 4.13. The lowest BCUT2D eigenvalue weighted by Gasteiger charge is -2.08. The molecule has 0 radical (unpaired) electrons. The summed E-state index contributed by atoms with van der Waals surface area (Å²) in [5, 5.41) is 14.5. The smallest absolute Gasteiger partial charge is 0.348 e. The fourth-order valence-electron chi connectivity index (χ4n) is 2.77. The lowest BCUT2D eigenvalue weighted by atomic mass is 10.1. The second kappa shape index (κ2) is 8.76. The lowest BCUT2D eigenvalue weighted by Crippen LogP contribution is -2.20. The first kappa shape index (κ1) is 20.4. The molecule has 3 aromatic rings. The number of nitrogens with zero attached hydrogens (tertiary/aromatic N) is 1. The average molecular weight is 408 g/mol. The third-order valence-corrected chi connectivity index (χ3v) is 5.32. The minimum Gasteiger partial charge on any atom is -0.484 e. The Bertz CT molecular complexity index is 1110. The number of hydrogen-bond donors (Lipinski definition) is 1. The molecule has 148 valence electrons. The minimum absolute atomic E-state index is 0.216. The lowest BCUT2D eigenvalue weighted by molar-refractivity contribution is -0.118. The van der Waals surface area contributed by atoms with Crippen LogP contribution in [0.3, 0.4) is 0 Å². The summed E-state index contributed by atoms with van der Waals surface area (Å²) in [4.78, 5) is 24.8. The van der Waals surface area contributed by atoms with E-state index in [0.29, 0.717) is 21.2 Å². The molecule has 29 heavy (non-hydrogen) atoms. The molecule has 0 unspecified atom stereocenters. The predicted molar refractivity (Wildman–Crippen MR) is 112 cm³/mol. The molecule has 2 aromatic carbocycles. The number of carbonyl (C=O) groups is 2. The van der Waals surface area contributed by atoms with Crippen molar-refractivity contribution in [1.29, 1.82) is 5.26 Å². The van der Waals surface area contributed by atoms with Crippen molar-refractivity contribution >= 4 is 39.0 Å². The molecule has 1 aromatic heterocycles. The molecule has 0 atom stereocenters. The molecular formula is C22H20N2O4S. The molecule has 0 aliphatic rings. The zero-order chi connectivity index (χ0) is 21.0. The Hall–Kier alpha value is -3.37. The van der Waals surface area contributed by atoms with Crippen LogP contribution in [-0.2, 0) is 9.53 Å². The van der Waals surface area contributed by atoms with Crippen LogP contribution in [0.4, 0.5) is 5.00 Å². The Morgan fingerprint density at radius 2 is 1.90 bits per heavy atom. The Kier molecular flexibility index (Phi) is 6.15. The fraction of sp³-hybridized carbons (Fsp3) is 0.227. The Labute approximate surface area is 172 Å². The van der Waals surface area contributed by atoms with E-state index in [-0.39, 0.29) is 18.3 Å². The summed E-state index contributed by atoms with van der Waals surface area (Å²) < 4.78 is 10.8. The van der Waals surface area contributed by atoms with Gasteiger partial charge in [0.15, 0.2) is 6.61 Å². The number of carbonyl (C=O) groups excluding carboxylic acids is 2. The highest BCUT2D eigenvalue weighted by atomic mass is 32.1. The van der Waals surface area contributed by atoms with E-state index in [1.165, 1.54) is 0 Å². The van der Waals surface area contributed by atoms with E-state index in [0.717, 1.165) is 22.1 Å². The summed E-state index contributed by atoms with van der Waals surface area (Å²) in [6.45, 7) is 4.94. The van der Waals surface area contributed by atoms with Crippen molar-refractivity contribution in [2.75, 3.05) is 11.9 Å². The SMILES string of the molecule is Cc1c(C(=O)OC(C)C)sc(NC(=O)COc2ccc3ccccc3c2)c1C#N. The number of thiophene rings is 1. The molecule has 1 heterocycles. The number of benzene rings is 2. The molecule has 7 heteroatoms. The first-order valence-electron chi connectivity index (χ1n) is 9.05. The van der Waals surface area contributed by atoms with Crippen LogP contribution in [0.15, 0.2) is 42.5 Å². The molecule has 0 aliphatic carbocycles. The predicted octanol–water partition coefficient (Wildman–Crippen LogP) is 4.66. The van der Waals surface area contributed by atoms with Crippen LogP contribution < -0.4 is 10.1 Å². The van der Waals surface area contributed by atoms with Crippen molar-refractivity contribution in [3.8, 4) is 11.8 Å². The molecule has 0 bridgehead atoms. The topological polar surface area (TPSA) is 88.4 Å². The minimum atomic E-state index is -0.507. The fourth-order valence-corrected chi connectivity index (χ4v) is 3.82. The van der Waals surface area contributed by atoms with Gasteiger partial charge >= 0.3 is 5.97 Å². The highest BCUT2D eigenvalue weighted by molar-refractivity contribution is 7.18. The molecule has 0 fully saturated rings. The van der Waals surface area contributed by atoms with Gasteiger partial charge in [0.25, 0.3) is 5.91 Å². The summed E-state index contributed by atoms with van der Waals surface area (Å²) in [5.41, 5.74) is 0.749. The van der Waals surface area contributed by atoms with E-state index in [9.17, 15) is 14.9 Å². The van der Waals surface area contributed by atoms with Gasteiger partial charge in [0.1, 0.15) is 21.7 Å². The van der Waals surface area contributed by atoms with Gasteiger partial charge in [0.2, 0.25) is 0 Å². The maximum Gasteiger partial charge on any atom is 0.348 e. The number of anilines is 1. The number of hydrogen-bond acceptors (Lipinski definition) is 6. The van der Waals surface area contributed by atoms with E-state index in [1.54, 1.807) is 26.8 Å². The number of nitriles is 1. The molecular weight excluding hydrogens is 388 g/mol. The summed E-state index contributed by atoms with van der Waals surface area (Å²) in [6, 6.07) is 15.5. The van der Waals surface area contributed by atoms with Gasteiger partial charge < -0.3 is 14.8 Å². The monoisotopic (exact) mass is 408 g/mol. The normalized spacial score (nSPS) is 10.6. The van der Waals surface area contributed by atoms with E-state index in [4.69, 9.17) is 9.47 Å². The molecule has 0 aliphatic heterocycles. The Morgan fingerprint density at radius 3 is 2.59 bits per heavy atom. The van der Waals surface area contributed by atoms with E-state index >= 15 is 0 Å². The van der Waals surface area contributed by atoms with Gasteiger partial charge in [-0.25, -0.2) is 4.79 Å². The van der Waals surface area contributed by atoms with Gasteiger partial charge in [-0.3, -0.25) is 4.79 Å². The number of nitrogens with one attached hydrogen (secondary N) is 1. The first-order chi connectivity index (χ1) is 13.9. The van der Waals surface area contributed by atoms with Crippen LogP contribution in [0.5, 0.6) is 5.75 Å². The molecule has 1 N–H and O–H groups in total. The van der Waals surface area contributed by atoms with Crippen molar-refractivity contribution in [1.82, 2.24) is 0 Å².